The topological polar surface area (TPSA) is 96.0 Å². The predicted molar refractivity (Wildman–Crippen MR) is 182 cm³/mol. The Kier molecular flexibility index (Phi) is 11.6. The molecule has 4 aromatic carbocycles. The highest BCUT2D eigenvalue weighted by Gasteiger charge is 2.35. The lowest BCUT2D eigenvalue weighted by molar-refractivity contribution is -0.140. The van der Waals surface area contributed by atoms with Crippen LogP contribution in [0.5, 0.6) is 5.75 Å². The van der Waals surface area contributed by atoms with Crippen LogP contribution < -0.4 is 14.4 Å². The second-order valence-electron chi connectivity index (χ2n) is 11.6. The minimum atomic E-state index is -4.20. The molecule has 1 N–H and O–H groups in total. The number of nitrogens with one attached hydrogen (secondary N) is 1. The Morgan fingerprint density at radius 3 is 2.15 bits per heavy atom. The van der Waals surface area contributed by atoms with Crippen LogP contribution in [-0.4, -0.2) is 50.9 Å². The number of hydrogen-bond donors (Lipinski definition) is 1. The third kappa shape index (κ3) is 8.75. The molecule has 9 heteroatoms. The van der Waals surface area contributed by atoms with Gasteiger partial charge in [0.15, 0.2) is 0 Å². The number of rotatable bonds is 14. The van der Waals surface area contributed by atoms with Crippen LogP contribution in [-0.2, 0) is 32.6 Å². The number of aryl methyl sites for hydroxylation is 2. The van der Waals surface area contributed by atoms with Gasteiger partial charge in [-0.1, -0.05) is 90.8 Å². The highest BCUT2D eigenvalue weighted by atomic mass is 32.2. The average molecular weight is 642 g/mol. The van der Waals surface area contributed by atoms with E-state index in [1.54, 1.807) is 36.4 Å². The predicted octanol–water partition coefficient (Wildman–Crippen LogP) is 6.06. The van der Waals surface area contributed by atoms with Gasteiger partial charge < -0.3 is 15.0 Å². The lowest BCUT2D eigenvalue weighted by Gasteiger charge is -2.34. The summed E-state index contributed by atoms with van der Waals surface area (Å²) in [5, 5.41) is 3.06. The maximum Gasteiger partial charge on any atom is 0.264 e. The zero-order chi connectivity index (χ0) is 33.3. The summed E-state index contributed by atoms with van der Waals surface area (Å²) in [6.45, 7) is 7.32. The number of carbonyl (C=O) groups excluding carboxylic acids is 2. The van der Waals surface area contributed by atoms with Crippen molar-refractivity contribution in [1.82, 2.24) is 10.2 Å². The highest BCUT2D eigenvalue weighted by Crippen LogP contribution is 2.28. The maximum absolute atomic E-state index is 14.6. The minimum absolute atomic E-state index is 0.0503. The van der Waals surface area contributed by atoms with Crippen molar-refractivity contribution in [2.24, 2.45) is 0 Å². The maximum atomic E-state index is 14.6. The zero-order valence-corrected chi connectivity index (χ0v) is 28.0. The first-order valence-electron chi connectivity index (χ1n) is 15.4. The lowest BCUT2D eigenvalue weighted by Crippen LogP contribution is -2.54. The van der Waals surface area contributed by atoms with E-state index < -0.39 is 28.5 Å². The van der Waals surface area contributed by atoms with Crippen LogP contribution in [0.15, 0.2) is 108 Å². The molecule has 0 aromatic heterocycles. The van der Waals surface area contributed by atoms with Crippen molar-refractivity contribution in [3.8, 4) is 5.75 Å². The van der Waals surface area contributed by atoms with Gasteiger partial charge in [-0.25, -0.2) is 8.42 Å². The number of sulfonamides is 1. The van der Waals surface area contributed by atoms with Crippen LogP contribution in [0.1, 0.15) is 42.5 Å². The van der Waals surface area contributed by atoms with E-state index >= 15 is 0 Å². The Morgan fingerprint density at radius 2 is 1.50 bits per heavy atom. The minimum Gasteiger partial charge on any atom is -0.497 e. The van der Waals surface area contributed by atoms with Gasteiger partial charge in [0, 0.05) is 25.1 Å². The molecule has 0 bridgehead atoms. The first-order valence-corrected chi connectivity index (χ1v) is 16.9. The van der Waals surface area contributed by atoms with Gasteiger partial charge in [-0.2, -0.15) is 0 Å². The van der Waals surface area contributed by atoms with Gasteiger partial charge in [0.25, 0.3) is 10.0 Å². The lowest BCUT2D eigenvalue weighted by atomic mass is 10.0. The molecule has 242 valence electrons. The number of anilines is 1. The van der Waals surface area contributed by atoms with Crippen molar-refractivity contribution < 1.29 is 22.7 Å². The van der Waals surface area contributed by atoms with Crippen molar-refractivity contribution in [3.05, 3.63) is 125 Å². The summed E-state index contributed by atoms with van der Waals surface area (Å²) in [4.78, 5) is 30.1. The number of amides is 2. The van der Waals surface area contributed by atoms with Gasteiger partial charge in [0.1, 0.15) is 18.3 Å². The Balaban J connectivity index is 1.82. The number of nitrogens with zero attached hydrogens (tertiary/aromatic N) is 2. The molecule has 0 heterocycles. The fourth-order valence-corrected chi connectivity index (χ4v) is 6.54. The van der Waals surface area contributed by atoms with Gasteiger partial charge >= 0.3 is 0 Å². The van der Waals surface area contributed by atoms with E-state index in [0.29, 0.717) is 12.2 Å². The Labute approximate surface area is 273 Å². The fraction of sp³-hybridized carbons (Fsp3) is 0.297. The van der Waals surface area contributed by atoms with Crippen molar-refractivity contribution >= 4 is 27.5 Å². The number of ether oxygens (including phenoxy) is 1. The smallest absolute Gasteiger partial charge is 0.264 e. The first-order chi connectivity index (χ1) is 22.0. The van der Waals surface area contributed by atoms with Crippen LogP contribution >= 0.6 is 0 Å². The summed E-state index contributed by atoms with van der Waals surface area (Å²) in [6.07, 6.45) is 0.971. The summed E-state index contributed by atoms with van der Waals surface area (Å²) >= 11 is 0. The summed E-state index contributed by atoms with van der Waals surface area (Å²) in [7, 11) is -2.71. The molecule has 8 nitrogen and oxygen atoms in total. The first kappa shape index (κ1) is 34.2. The van der Waals surface area contributed by atoms with E-state index in [0.717, 1.165) is 26.6 Å². The molecule has 2 atom stereocenters. The fourth-order valence-electron chi connectivity index (χ4n) is 5.13. The Hall–Kier alpha value is -4.63. The third-order valence-electron chi connectivity index (χ3n) is 7.94. The SMILES string of the molecule is CCC(C)NC(=O)C(Cc1ccccc1)N(Cc1cccc(C)c1)C(=O)CN(c1cccc(OC)c1)S(=O)(=O)c1ccc(C)cc1. The van der Waals surface area contributed by atoms with Crippen molar-refractivity contribution in [2.45, 2.75) is 64.1 Å². The molecule has 0 radical (unpaired) electrons. The summed E-state index contributed by atoms with van der Waals surface area (Å²) in [5.41, 5.74) is 3.90. The van der Waals surface area contributed by atoms with Gasteiger partial charge in [-0.3, -0.25) is 13.9 Å². The second kappa shape index (κ2) is 15.6. The quantitative estimate of drug-likeness (QED) is 0.181. The van der Waals surface area contributed by atoms with Gasteiger partial charge in [0.05, 0.1) is 17.7 Å². The Morgan fingerprint density at radius 1 is 0.826 bits per heavy atom. The zero-order valence-electron chi connectivity index (χ0n) is 27.1. The number of hydrogen-bond acceptors (Lipinski definition) is 5. The molecule has 2 amide bonds. The van der Waals surface area contributed by atoms with E-state index in [9.17, 15) is 18.0 Å². The van der Waals surface area contributed by atoms with Crippen LogP contribution in [0.3, 0.4) is 0 Å². The largest absolute Gasteiger partial charge is 0.497 e. The second-order valence-corrected chi connectivity index (χ2v) is 13.4. The van der Waals surface area contributed by atoms with Gasteiger partial charge in [-0.15, -0.1) is 0 Å². The molecule has 0 aliphatic heterocycles. The molecule has 4 aromatic rings. The number of benzene rings is 4. The molecule has 4 rings (SSSR count). The monoisotopic (exact) mass is 641 g/mol. The van der Waals surface area contributed by atoms with Crippen LogP contribution in [0, 0.1) is 13.8 Å². The average Bonchev–Trinajstić information content (AvgIpc) is 3.05. The molecule has 0 aliphatic rings. The Bertz CT molecular complexity index is 1730. The van der Waals surface area contributed by atoms with E-state index in [2.05, 4.69) is 5.32 Å². The van der Waals surface area contributed by atoms with E-state index in [-0.39, 0.29) is 35.5 Å². The van der Waals surface area contributed by atoms with Crippen molar-refractivity contribution in [3.63, 3.8) is 0 Å². The van der Waals surface area contributed by atoms with E-state index in [4.69, 9.17) is 4.74 Å². The highest BCUT2D eigenvalue weighted by molar-refractivity contribution is 7.92. The molecule has 0 aliphatic carbocycles. The van der Waals surface area contributed by atoms with Crippen LogP contribution in [0.25, 0.3) is 0 Å². The van der Waals surface area contributed by atoms with Crippen molar-refractivity contribution in [2.75, 3.05) is 18.0 Å². The molecule has 2 unspecified atom stereocenters. The van der Waals surface area contributed by atoms with Crippen molar-refractivity contribution in [1.29, 1.82) is 0 Å². The molecule has 0 spiro atoms. The summed E-state index contributed by atoms with van der Waals surface area (Å²) in [6, 6.07) is 29.4. The molecule has 0 saturated heterocycles. The van der Waals surface area contributed by atoms with E-state index in [1.807, 2.05) is 82.3 Å². The molecule has 0 saturated carbocycles. The van der Waals surface area contributed by atoms with Gasteiger partial charge in [-0.05, 0) is 62.6 Å². The summed E-state index contributed by atoms with van der Waals surface area (Å²) < 4.78 is 34.9. The van der Waals surface area contributed by atoms with Crippen LogP contribution in [0.4, 0.5) is 5.69 Å². The summed E-state index contributed by atoms with van der Waals surface area (Å²) in [5.74, 6) is -0.366. The standard InChI is InChI=1S/C37H43N3O5S/c1-6-29(4)38-37(42)35(23-30-13-8-7-9-14-30)39(25-31-15-10-12-28(3)22-31)36(41)26-40(32-16-11-17-33(24-32)45-5)46(43,44)34-20-18-27(2)19-21-34/h7-22,24,29,35H,6,23,25-26H2,1-5H3,(H,38,42). The molecular formula is C37H43N3O5S. The van der Waals surface area contributed by atoms with Gasteiger partial charge in [0.2, 0.25) is 11.8 Å². The third-order valence-corrected chi connectivity index (χ3v) is 9.72. The van der Waals surface area contributed by atoms with Crippen LogP contribution in [0.2, 0.25) is 0 Å². The molecular weight excluding hydrogens is 598 g/mol. The number of methoxy groups -OCH3 is 1. The molecule has 46 heavy (non-hydrogen) atoms. The number of carbonyl (C=O) groups is 2. The van der Waals surface area contributed by atoms with E-state index in [1.165, 1.54) is 24.1 Å². The normalized spacial score (nSPS) is 12.5. The molecule has 0 fully saturated rings.